The van der Waals surface area contributed by atoms with Gasteiger partial charge in [-0.05, 0) is 51.8 Å². The Balaban J connectivity index is 3.12. The van der Waals surface area contributed by atoms with Gasteiger partial charge >= 0.3 is 11.9 Å². The van der Waals surface area contributed by atoms with Gasteiger partial charge in [0.1, 0.15) is 10.3 Å². The summed E-state index contributed by atoms with van der Waals surface area (Å²) in [4.78, 5) is 23.7. The molecular formula is C13H18Br2N2O4. The predicted octanol–water partition coefficient (Wildman–Crippen LogP) is 2.64. The van der Waals surface area contributed by atoms with Crippen molar-refractivity contribution in [2.75, 3.05) is 19.8 Å². The van der Waals surface area contributed by atoms with E-state index >= 15 is 0 Å². The van der Waals surface area contributed by atoms with Gasteiger partial charge in [-0.25, -0.2) is 4.79 Å². The largest absolute Gasteiger partial charge is 0.466 e. The fraction of sp³-hybridized carbons (Fsp3) is 0.538. The first-order valence-corrected chi connectivity index (χ1v) is 8.13. The highest BCUT2D eigenvalue weighted by Gasteiger charge is 2.25. The second kappa shape index (κ2) is 8.55. The topological polar surface area (TPSA) is 83.5 Å². The van der Waals surface area contributed by atoms with Gasteiger partial charge in [0, 0.05) is 6.54 Å². The Morgan fingerprint density at radius 1 is 1.29 bits per heavy atom. The van der Waals surface area contributed by atoms with Crippen molar-refractivity contribution in [3.63, 3.8) is 0 Å². The first kappa shape index (κ1) is 18.2. The van der Waals surface area contributed by atoms with E-state index in [4.69, 9.17) is 15.2 Å². The van der Waals surface area contributed by atoms with Crippen LogP contribution in [0, 0.1) is 0 Å². The highest BCUT2D eigenvalue weighted by atomic mass is 79.9. The van der Waals surface area contributed by atoms with Gasteiger partial charge in [-0.15, -0.1) is 0 Å². The molecule has 0 bridgehead atoms. The van der Waals surface area contributed by atoms with Gasteiger partial charge in [0.15, 0.2) is 0 Å². The maximum atomic E-state index is 12.0. The minimum Gasteiger partial charge on any atom is -0.466 e. The van der Waals surface area contributed by atoms with Crippen LogP contribution in [0.25, 0.3) is 0 Å². The lowest BCUT2D eigenvalue weighted by atomic mass is 10.2. The number of rotatable bonds is 7. The molecule has 1 aromatic rings. The standard InChI is InChI=1S/C13H18Br2N2O4/c1-3-20-11(18)5-8(7-16)17-10(13(19)21-4-2)6-9(14)12(17)15/h6,8H,3-5,7,16H2,1-2H3/t8-/m0/s1. The maximum Gasteiger partial charge on any atom is 0.355 e. The molecule has 1 heterocycles. The fourth-order valence-corrected chi connectivity index (χ4v) is 2.88. The molecule has 0 saturated carbocycles. The van der Waals surface area contributed by atoms with Crippen LogP contribution in [-0.2, 0) is 14.3 Å². The Kier molecular flexibility index (Phi) is 7.41. The van der Waals surface area contributed by atoms with Gasteiger partial charge in [-0.1, -0.05) is 0 Å². The second-order valence-electron chi connectivity index (χ2n) is 4.16. The number of carbonyl (C=O) groups excluding carboxylic acids is 2. The van der Waals surface area contributed by atoms with Crippen LogP contribution in [0.2, 0.25) is 0 Å². The zero-order valence-corrected chi connectivity index (χ0v) is 15.1. The molecule has 0 aliphatic rings. The summed E-state index contributed by atoms with van der Waals surface area (Å²) in [5, 5.41) is 0. The summed E-state index contributed by atoms with van der Waals surface area (Å²) in [6.45, 7) is 4.22. The van der Waals surface area contributed by atoms with Crippen LogP contribution < -0.4 is 5.73 Å². The molecule has 21 heavy (non-hydrogen) atoms. The monoisotopic (exact) mass is 424 g/mol. The van der Waals surface area contributed by atoms with Crippen molar-refractivity contribution >= 4 is 43.8 Å². The SMILES string of the molecule is CCOC(=O)C[C@@H](CN)n1c(C(=O)OCC)cc(Br)c1Br. The molecule has 1 rings (SSSR count). The normalized spacial score (nSPS) is 12.0. The maximum absolute atomic E-state index is 12.0. The molecule has 1 atom stereocenters. The number of halogens is 2. The molecule has 8 heteroatoms. The summed E-state index contributed by atoms with van der Waals surface area (Å²) in [6.07, 6.45) is 0.0798. The van der Waals surface area contributed by atoms with Gasteiger partial charge in [-0.2, -0.15) is 0 Å². The second-order valence-corrected chi connectivity index (χ2v) is 5.76. The summed E-state index contributed by atoms with van der Waals surface area (Å²) in [5.74, 6) is -0.828. The first-order valence-electron chi connectivity index (χ1n) is 6.55. The van der Waals surface area contributed by atoms with Gasteiger partial charge in [0.25, 0.3) is 0 Å². The number of aromatic nitrogens is 1. The molecule has 0 radical (unpaired) electrons. The van der Waals surface area contributed by atoms with Crippen LogP contribution in [0.3, 0.4) is 0 Å². The molecule has 1 aromatic heterocycles. The van der Waals surface area contributed by atoms with Crippen LogP contribution in [0.1, 0.15) is 36.8 Å². The summed E-state index contributed by atoms with van der Waals surface area (Å²) < 4.78 is 12.9. The molecule has 0 saturated heterocycles. The van der Waals surface area contributed by atoms with Crippen LogP contribution in [0.4, 0.5) is 0 Å². The van der Waals surface area contributed by atoms with Gasteiger partial charge < -0.3 is 19.8 Å². The molecule has 2 N–H and O–H groups in total. The third-order valence-corrected chi connectivity index (χ3v) is 4.71. The Bertz CT molecular complexity index is 517. The fourth-order valence-electron chi connectivity index (χ4n) is 1.88. The van der Waals surface area contributed by atoms with Crippen LogP contribution >= 0.6 is 31.9 Å². The molecule has 0 unspecified atom stereocenters. The number of hydrogen-bond donors (Lipinski definition) is 1. The quantitative estimate of drug-likeness (QED) is 0.679. The molecule has 0 spiro atoms. The molecular weight excluding hydrogens is 408 g/mol. The van der Waals surface area contributed by atoms with Crippen molar-refractivity contribution in [1.82, 2.24) is 4.57 Å². The lowest BCUT2D eigenvalue weighted by Crippen LogP contribution is -2.26. The smallest absolute Gasteiger partial charge is 0.355 e. The van der Waals surface area contributed by atoms with Crippen molar-refractivity contribution in [2.24, 2.45) is 5.73 Å². The number of carbonyl (C=O) groups is 2. The highest BCUT2D eigenvalue weighted by Crippen LogP contribution is 2.32. The number of hydrogen-bond acceptors (Lipinski definition) is 5. The van der Waals surface area contributed by atoms with E-state index in [1.807, 2.05) is 0 Å². The average molecular weight is 426 g/mol. The zero-order chi connectivity index (χ0) is 16.0. The van der Waals surface area contributed by atoms with Gasteiger partial charge in [0.2, 0.25) is 0 Å². The Labute approximate surface area is 140 Å². The van der Waals surface area contributed by atoms with Crippen molar-refractivity contribution in [2.45, 2.75) is 26.3 Å². The van der Waals surface area contributed by atoms with Crippen molar-refractivity contribution in [1.29, 1.82) is 0 Å². The molecule has 0 aliphatic carbocycles. The minimum absolute atomic E-state index is 0.0798. The number of ether oxygens (including phenoxy) is 2. The lowest BCUT2D eigenvalue weighted by Gasteiger charge is -2.20. The Morgan fingerprint density at radius 2 is 1.90 bits per heavy atom. The van der Waals surface area contributed by atoms with E-state index < -0.39 is 12.0 Å². The van der Waals surface area contributed by atoms with Gasteiger partial charge in [-0.3, -0.25) is 4.79 Å². The van der Waals surface area contributed by atoms with Crippen LogP contribution in [0.5, 0.6) is 0 Å². The summed E-state index contributed by atoms with van der Waals surface area (Å²) >= 11 is 6.74. The number of nitrogens with zero attached hydrogens (tertiary/aromatic N) is 1. The van der Waals surface area contributed by atoms with E-state index in [1.165, 1.54) is 0 Å². The van der Waals surface area contributed by atoms with E-state index in [-0.39, 0.29) is 25.5 Å². The third-order valence-electron chi connectivity index (χ3n) is 2.76. The zero-order valence-electron chi connectivity index (χ0n) is 11.9. The van der Waals surface area contributed by atoms with E-state index in [9.17, 15) is 9.59 Å². The van der Waals surface area contributed by atoms with Crippen molar-refractivity contribution < 1.29 is 19.1 Å². The summed E-state index contributed by atoms with van der Waals surface area (Å²) in [6, 6.07) is 1.24. The molecule has 0 aliphatic heterocycles. The Hall–Kier alpha value is -0.860. The predicted molar refractivity (Wildman–Crippen MR) is 85.1 cm³/mol. The summed E-state index contributed by atoms with van der Waals surface area (Å²) in [7, 11) is 0. The number of nitrogens with two attached hydrogens (primary N) is 1. The van der Waals surface area contributed by atoms with Crippen molar-refractivity contribution in [3.8, 4) is 0 Å². The lowest BCUT2D eigenvalue weighted by molar-refractivity contribution is -0.144. The highest BCUT2D eigenvalue weighted by molar-refractivity contribution is 9.13. The third kappa shape index (κ3) is 4.55. The van der Waals surface area contributed by atoms with Crippen LogP contribution in [0.15, 0.2) is 15.1 Å². The average Bonchev–Trinajstić information content (AvgIpc) is 2.73. The van der Waals surface area contributed by atoms with E-state index in [0.717, 1.165) is 0 Å². The van der Waals surface area contributed by atoms with E-state index in [2.05, 4.69) is 31.9 Å². The molecule has 0 aromatic carbocycles. The Morgan fingerprint density at radius 3 is 2.43 bits per heavy atom. The van der Waals surface area contributed by atoms with E-state index in [1.54, 1.807) is 24.5 Å². The molecule has 6 nitrogen and oxygen atoms in total. The first-order chi connectivity index (χ1) is 9.96. The molecule has 0 amide bonds. The summed E-state index contributed by atoms with van der Waals surface area (Å²) in [5.41, 5.74) is 6.08. The van der Waals surface area contributed by atoms with Crippen molar-refractivity contribution in [3.05, 3.63) is 20.8 Å². The molecule has 118 valence electrons. The van der Waals surface area contributed by atoms with Crippen LogP contribution in [-0.4, -0.2) is 36.3 Å². The van der Waals surface area contributed by atoms with E-state index in [0.29, 0.717) is 21.4 Å². The molecule has 0 fully saturated rings. The number of esters is 2. The minimum atomic E-state index is -0.466. The van der Waals surface area contributed by atoms with Gasteiger partial charge in [0.05, 0.1) is 30.1 Å².